The van der Waals surface area contributed by atoms with Gasteiger partial charge in [-0.25, -0.2) is 9.18 Å². The highest BCUT2D eigenvalue weighted by molar-refractivity contribution is 5.92. The van der Waals surface area contributed by atoms with Crippen molar-refractivity contribution in [2.24, 2.45) is 0 Å². The van der Waals surface area contributed by atoms with Crippen molar-refractivity contribution in [1.82, 2.24) is 14.8 Å². The number of aromatic amines is 1. The molecule has 1 heterocycles. The summed E-state index contributed by atoms with van der Waals surface area (Å²) < 4.78 is 13.5. The third-order valence-electron chi connectivity index (χ3n) is 6.97. The van der Waals surface area contributed by atoms with Gasteiger partial charge in [-0.1, -0.05) is 62.7 Å². The van der Waals surface area contributed by atoms with E-state index < -0.39 is 0 Å². The zero-order valence-corrected chi connectivity index (χ0v) is 22.8. The van der Waals surface area contributed by atoms with Gasteiger partial charge in [0.2, 0.25) is 5.91 Å². The Morgan fingerprint density at radius 2 is 1.59 bits per heavy atom. The molecule has 6 nitrogen and oxygen atoms in total. The number of H-pyrrole nitrogens is 1. The topological polar surface area (TPSA) is 68.4 Å². The lowest BCUT2D eigenvalue weighted by molar-refractivity contribution is -0.132. The van der Waals surface area contributed by atoms with Gasteiger partial charge < -0.3 is 20.1 Å². The lowest BCUT2D eigenvalue weighted by Crippen LogP contribution is -2.45. The van der Waals surface area contributed by atoms with Crippen LogP contribution in [0.5, 0.6) is 0 Å². The van der Waals surface area contributed by atoms with Crippen LogP contribution >= 0.6 is 0 Å². The van der Waals surface area contributed by atoms with Crippen LogP contribution in [-0.4, -0.2) is 46.4 Å². The molecule has 3 aromatic carbocycles. The van der Waals surface area contributed by atoms with E-state index in [1.165, 1.54) is 17.7 Å². The van der Waals surface area contributed by atoms with E-state index in [-0.39, 0.29) is 24.3 Å². The number of carbonyl (C=O) groups is 2. The molecule has 0 aliphatic rings. The number of para-hydroxylation sites is 1. The van der Waals surface area contributed by atoms with Crippen LogP contribution in [0.4, 0.5) is 14.9 Å². The fraction of sp³-hybridized carbons (Fsp3) is 0.312. The van der Waals surface area contributed by atoms with E-state index in [0.29, 0.717) is 31.7 Å². The molecule has 0 spiro atoms. The van der Waals surface area contributed by atoms with Crippen molar-refractivity contribution in [3.63, 3.8) is 0 Å². The molecule has 4 aromatic rings. The van der Waals surface area contributed by atoms with Crippen LogP contribution in [0, 0.1) is 5.82 Å². The average Bonchev–Trinajstić information content (AvgIpc) is 3.37. The molecule has 0 atom stereocenters. The van der Waals surface area contributed by atoms with Gasteiger partial charge in [-0.3, -0.25) is 4.79 Å². The fourth-order valence-electron chi connectivity index (χ4n) is 4.59. The van der Waals surface area contributed by atoms with E-state index in [0.717, 1.165) is 41.3 Å². The van der Waals surface area contributed by atoms with E-state index in [1.54, 1.807) is 21.9 Å². The lowest BCUT2D eigenvalue weighted by Gasteiger charge is -2.28. The number of hydrogen-bond acceptors (Lipinski definition) is 2. The Hall–Kier alpha value is -4.13. The zero-order valence-electron chi connectivity index (χ0n) is 22.8. The molecule has 3 amide bonds. The molecule has 4 rings (SSSR count). The van der Waals surface area contributed by atoms with Crippen molar-refractivity contribution in [1.29, 1.82) is 0 Å². The molecule has 0 bridgehead atoms. The van der Waals surface area contributed by atoms with Crippen LogP contribution in [-0.2, 0) is 24.2 Å². The number of anilines is 1. The minimum atomic E-state index is -0.315. The maximum Gasteiger partial charge on any atom is 0.322 e. The first kappa shape index (κ1) is 27.9. The number of hydrogen-bond donors (Lipinski definition) is 2. The highest BCUT2D eigenvalue weighted by Gasteiger charge is 2.22. The van der Waals surface area contributed by atoms with E-state index >= 15 is 0 Å². The summed E-state index contributed by atoms with van der Waals surface area (Å²) in [4.78, 5) is 33.5. The molecule has 7 heteroatoms. The standard InChI is InChI=1S/C32H37FN4O2/c1-3-5-19-37(32(39)35-28-16-12-24(4-2)13-17-28)23-31(38)36(22-25-10-14-27(33)15-11-25)20-18-26-21-34-30-9-7-6-8-29(26)30/h6-17,21,34H,3-5,18-20,22-23H2,1-2H3,(H,35,39). The maximum atomic E-state index is 13.7. The number of aryl methyl sites for hydroxylation is 1. The number of amides is 3. The van der Waals surface area contributed by atoms with Gasteiger partial charge in [-0.15, -0.1) is 0 Å². The van der Waals surface area contributed by atoms with Gasteiger partial charge in [0.05, 0.1) is 0 Å². The smallest absolute Gasteiger partial charge is 0.322 e. The molecule has 0 unspecified atom stereocenters. The molecular formula is C32H37FN4O2. The Kier molecular flexibility index (Phi) is 9.73. The van der Waals surface area contributed by atoms with Crippen LogP contribution in [0.2, 0.25) is 0 Å². The van der Waals surface area contributed by atoms with Crippen LogP contribution in [0.25, 0.3) is 10.9 Å². The Bertz CT molecular complexity index is 1370. The molecule has 0 fully saturated rings. The summed E-state index contributed by atoms with van der Waals surface area (Å²) in [5, 5.41) is 4.08. The van der Waals surface area contributed by atoms with Crippen LogP contribution in [0.1, 0.15) is 43.4 Å². The number of nitrogens with zero attached hydrogens (tertiary/aromatic N) is 2. The third kappa shape index (κ3) is 7.69. The number of halogens is 1. The van der Waals surface area contributed by atoms with Gasteiger partial charge in [0, 0.05) is 42.4 Å². The fourth-order valence-corrected chi connectivity index (χ4v) is 4.59. The van der Waals surface area contributed by atoms with E-state index in [1.807, 2.05) is 48.7 Å². The van der Waals surface area contributed by atoms with Crippen molar-refractivity contribution >= 4 is 28.5 Å². The molecule has 0 aliphatic carbocycles. The van der Waals surface area contributed by atoms with Crippen LogP contribution in [0.3, 0.4) is 0 Å². The highest BCUT2D eigenvalue weighted by atomic mass is 19.1. The predicted molar refractivity (Wildman–Crippen MR) is 155 cm³/mol. The second-order valence-corrected chi connectivity index (χ2v) is 9.81. The minimum Gasteiger partial charge on any atom is -0.361 e. The molecule has 1 aromatic heterocycles. The summed E-state index contributed by atoms with van der Waals surface area (Å²) in [5.41, 5.74) is 4.91. The summed E-state index contributed by atoms with van der Waals surface area (Å²) in [5.74, 6) is -0.462. The molecule has 0 aliphatic heterocycles. The second kappa shape index (κ2) is 13.6. The normalized spacial score (nSPS) is 10.9. The lowest BCUT2D eigenvalue weighted by atomic mass is 10.1. The summed E-state index contributed by atoms with van der Waals surface area (Å²) in [6, 6.07) is 21.8. The molecule has 0 saturated heterocycles. The second-order valence-electron chi connectivity index (χ2n) is 9.81. The number of urea groups is 1. The molecule has 0 radical (unpaired) electrons. The van der Waals surface area contributed by atoms with Crippen LogP contribution < -0.4 is 5.32 Å². The van der Waals surface area contributed by atoms with Gasteiger partial charge in [-0.2, -0.15) is 0 Å². The predicted octanol–water partition coefficient (Wildman–Crippen LogP) is 6.77. The summed E-state index contributed by atoms with van der Waals surface area (Å²) >= 11 is 0. The molecule has 39 heavy (non-hydrogen) atoms. The van der Waals surface area contributed by atoms with Gasteiger partial charge >= 0.3 is 6.03 Å². The number of aromatic nitrogens is 1. The molecular weight excluding hydrogens is 491 g/mol. The van der Waals surface area contributed by atoms with E-state index in [2.05, 4.69) is 30.2 Å². The van der Waals surface area contributed by atoms with Crippen LogP contribution in [0.15, 0.2) is 79.0 Å². The monoisotopic (exact) mass is 528 g/mol. The number of fused-ring (bicyclic) bond motifs is 1. The SMILES string of the molecule is CCCCN(CC(=O)N(CCc1c[nH]c2ccccc12)Cc1ccc(F)cc1)C(=O)Nc1ccc(CC)cc1. The van der Waals surface area contributed by atoms with Gasteiger partial charge in [0.15, 0.2) is 0 Å². The Morgan fingerprint density at radius 3 is 2.31 bits per heavy atom. The van der Waals surface area contributed by atoms with Gasteiger partial charge in [0.25, 0.3) is 0 Å². The quantitative estimate of drug-likeness (QED) is 0.213. The Morgan fingerprint density at radius 1 is 0.872 bits per heavy atom. The maximum absolute atomic E-state index is 13.7. The first-order valence-corrected chi connectivity index (χ1v) is 13.7. The minimum absolute atomic E-state index is 0.0338. The van der Waals surface area contributed by atoms with Crippen molar-refractivity contribution in [2.45, 2.75) is 46.1 Å². The Labute approximate surface area is 229 Å². The Balaban J connectivity index is 1.49. The van der Waals surface area contributed by atoms with Crippen molar-refractivity contribution < 1.29 is 14.0 Å². The number of benzene rings is 3. The van der Waals surface area contributed by atoms with Crippen molar-refractivity contribution in [2.75, 3.05) is 25.0 Å². The third-order valence-corrected chi connectivity index (χ3v) is 6.97. The van der Waals surface area contributed by atoms with E-state index in [9.17, 15) is 14.0 Å². The molecule has 2 N–H and O–H groups in total. The summed E-state index contributed by atoms with van der Waals surface area (Å²) in [7, 11) is 0. The zero-order chi connectivity index (χ0) is 27.6. The van der Waals surface area contributed by atoms with Crippen molar-refractivity contribution in [3.8, 4) is 0 Å². The van der Waals surface area contributed by atoms with Crippen molar-refractivity contribution in [3.05, 3.63) is 102 Å². The number of carbonyl (C=O) groups excluding carboxylic acids is 2. The molecule has 204 valence electrons. The molecule has 0 saturated carbocycles. The average molecular weight is 529 g/mol. The number of nitrogens with one attached hydrogen (secondary N) is 2. The summed E-state index contributed by atoms with van der Waals surface area (Å²) in [6.07, 6.45) is 5.26. The van der Waals surface area contributed by atoms with Gasteiger partial charge in [0.1, 0.15) is 12.4 Å². The number of rotatable bonds is 12. The number of unbranched alkanes of at least 4 members (excludes halogenated alkanes) is 1. The largest absolute Gasteiger partial charge is 0.361 e. The first-order valence-electron chi connectivity index (χ1n) is 13.7. The van der Waals surface area contributed by atoms with E-state index in [4.69, 9.17) is 0 Å². The summed E-state index contributed by atoms with van der Waals surface area (Å²) in [6.45, 7) is 5.40. The van der Waals surface area contributed by atoms with Gasteiger partial charge in [-0.05, 0) is 66.3 Å². The first-order chi connectivity index (χ1) is 19.0. The highest BCUT2D eigenvalue weighted by Crippen LogP contribution is 2.19.